The number of hydrogen-bond donors (Lipinski definition) is 3. The molecule has 0 spiro atoms. The number of unbranched alkanes of at least 4 members (excludes halogenated alkanes) is 1. The smallest absolute Gasteiger partial charge is 0.352 e. The van der Waals surface area contributed by atoms with Crippen LogP contribution in [0.1, 0.15) is 54.2 Å². The topological polar surface area (TPSA) is 82.2 Å². The largest absolute Gasteiger partial charge is 0.477 e. The van der Waals surface area contributed by atoms with E-state index in [0.717, 1.165) is 43.0 Å². The lowest BCUT2D eigenvalue weighted by Gasteiger charge is -2.06. The number of fused-ring (bicyclic) bond motifs is 1. The maximum atomic E-state index is 11.9. The first kappa shape index (κ1) is 15.6. The third-order valence-corrected chi connectivity index (χ3v) is 4.39. The summed E-state index contributed by atoms with van der Waals surface area (Å²) < 4.78 is 0. The van der Waals surface area contributed by atoms with Crippen molar-refractivity contribution in [1.29, 1.82) is 0 Å². The molecule has 3 N–H and O–H groups in total. The molecule has 1 aliphatic carbocycles. The summed E-state index contributed by atoms with van der Waals surface area (Å²) in [7, 11) is 0. The van der Waals surface area contributed by atoms with Crippen molar-refractivity contribution in [2.24, 2.45) is 5.92 Å². The number of carbonyl (C=O) groups excluding carboxylic acids is 1. The highest BCUT2D eigenvalue weighted by atomic mass is 16.4. The van der Waals surface area contributed by atoms with Crippen molar-refractivity contribution in [3.63, 3.8) is 0 Å². The third kappa shape index (κ3) is 3.38. The number of aryl methyl sites for hydroxylation is 1. The number of carboxylic acids is 1. The Labute approximate surface area is 135 Å². The van der Waals surface area contributed by atoms with E-state index < -0.39 is 5.97 Å². The van der Waals surface area contributed by atoms with Crippen LogP contribution in [0.4, 0.5) is 0 Å². The molecule has 2 aromatic rings. The Morgan fingerprint density at radius 2 is 2.13 bits per heavy atom. The summed E-state index contributed by atoms with van der Waals surface area (Å²) in [4.78, 5) is 26.3. The summed E-state index contributed by atoms with van der Waals surface area (Å²) >= 11 is 0. The number of carboxylic acid groups (broad SMARTS) is 1. The van der Waals surface area contributed by atoms with Gasteiger partial charge in [-0.1, -0.05) is 19.4 Å². The molecule has 1 aromatic carbocycles. The van der Waals surface area contributed by atoms with E-state index >= 15 is 0 Å². The van der Waals surface area contributed by atoms with Crippen molar-refractivity contribution in [3.05, 3.63) is 35.0 Å². The van der Waals surface area contributed by atoms with Crippen molar-refractivity contribution < 1.29 is 14.7 Å². The van der Waals surface area contributed by atoms with E-state index in [0.29, 0.717) is 5.56 Å². The van der Waals surface area contributed by atoms with Crippen LogP contribution < -0.4 is 5.32 Å². The van der Waals surface area contributed by atoms with Crippen LogP contribution in [0, 0.1) is 5.92 Å². The Bertz CT molecular complexity index is 744. The van der Waals surface area contributed by atoms with Gasteiger partial charge in [-0.15, -0.1) is 0 Å². The summed E-state index contributed by atoms with van der Waals surface area (Å²) in [5.41, 5.74) is 2.84. The second-order valence-corrected chi connectivity index (χ2v) is 6.26. The lowest BCUT2D eigenvalue weighted by atomic mass is 10.0. The first-order valence-corrected chi connectivity index (χ1v) is 8.24. The second-order valence-electron chi connectivity index (χ2n) is 6.26. The highest BCUT2D eigenvalue weighted by Gasteiger charge is 2.29. The number of aromatic carboxylic acids is 1. The Morgan fingerprint density at radius 3 is 2.78 bits per heavy atom. The average Bonchev–Trinajstić information content (AvgIpc) is 3.32. The second kappa shape index (κ2) is 6.44. The van der Waals surface area contributed by atoms with E-state index in [-0.39, 0.29) is 24.1 Å². The lowest BCUT2D eigenvalue weighted by molar-refractivity contribution is -0.122. The molecule has 1 amide bonds. The number of benzene rings is 1. The Hall–Kier alpha value is -2.30. The molecule has 0 radical (unpaired) electrons. The van der Waals surface area contributed by atoms with Crippen molar-refractivity contribution in [1.82, 2.24) is 10.3 Å². The van der Waals surface area contributed by atoms with Crippen LogP contribution in [0.25, 0.3) is 10.9 Å². The number of rotatable bonds is 7. The first-order valence-electron chi connectivity index (χ1n) is 8.24. The van der Waals surface area contributed by atoms with Crippen LogP contribution in [0.3, 0.4) is 0 Å². The highest BCUT2D eigenvalue weighted by Crippen LogP contribution is 2.29. The minimum atomic E-state index is -0.994. The minimum Gasteiger partial charge on any atom is -0.477 e. The summed E-state index contributed by atoms with van der Waals surface area (Å²) in [5.74, 6) is -0.849. The zero-order valence-electron chi connectivity index (χ0n) is 13.3. The summed E-state index contributed by atoms with van der Waals surface area (Å²) in [5, 5.41) is 13.2. The summed E-state index contributed by atoms with van der Waals surface area (Å²) in [6, 6.07) is 6.01. The quantitative estimate of drug-likeness (QED) is 0.734. The van der Waals surface area contributed by atoms with Crippen LogP contribution >= 0.6 is 0 Å². The molecule has 5 nitrogen and oxygen atoms in total. The molecule has 1 saturated carbocycles. The fourth-order valence-corrected chi connectivity index (χ4v) is 2.86. The number of carbonyl (C=O) groups is 2. The number of aromatic nitrogens is 1. The SMILES string of the molecule is CCCCc1ccc2[nH]c(C(=O)O)c(CNC(=O)C3CC3)c2c1. The normalized spacial score (nSPS) is 14.1. The van der Waals surface area contributed by atoms with E-state index in [2.05, 4.69) is 17.2 Å². The van der Waals surface area contributed by atoms with Gasteiger partial charge >= 0.3 is 5.97 Å². The minimum absolute atomic E-state index is 0.0258. The maximum Gasteiger partial charge on any atom is 0.352 e. The van der Waals surface area contributed by atoms with Gasteiger partial charge in [0, 0.05) is 28.9 Å². The van der Waals surface area contributed by atoms with Gasteiger partial charge in [-0.05, 0) is 43.4 Å². The molecular weight excluding hydrogens is 292 g/mol. The third-order valence-electron chi connectivity index (χ3n) is 4.39. The number of aromatic amines is 1. The van der Waals surface area contributed by atoms with Crippen molar-refractivity contribution in [2.75, 3.05) is 0 Å². The molecule has 122 valence electrons. The molecule has 0 atom stereocenters. The number of hydrogen-bond acceptors (Lipinski definition) is 2. The first-order chi connectivity index (χ1) is 11.1. The Kier molecular flexibility index (Phi) is 4.37. The molecule has 1 aliphatic rings. The van der Waals surface area contributed by atoms with Gasteiger partial charge in [0.15, 0.2) is 0 Å². The summed E-state index contributed by atoms with van der Waals surface area (Å²) in [6.07, 6.45) is 5.08. The van der Waals surface area contributed by atoms with E-state index in [4.69, 9.17) is 0 Å². The van der Waals surface area contributed by atoms with Crippen LogP contribution in [0.5, 0.6) is 0 Å². The van der Waals surface area contributed by atoms with Gasteiger partial charge in [-0.2, -0.15) is 0 Å². The fourth-order valence-electron chi connectivity index (χ4n) is 2.86. The van der Waals surface area contributed by atoms with Gasteiger partial charge in [-0.25, -0.2) is 4.79 Å². The molecule has 1 aromatic heterocycles. The molecule has 3 rings (SSSR count). The molecule has 0 bridgehead atoms. The number of H-pyrrole nitrogens is 1. The Balaban J connectivity index is 1.91. The van der Waals surface area contributed by atoms with Crippen LogP contribution in [0.15, 0.2) is 18.2 Å². The van der Waals surface area contributed by atoms with Gasteiger partial charge in [0.2, 0.25) is 5.91 Å². The molecule has 1 fully saturated rings. The predicted molar refractivity (Wildman–Crippen MR) is 88.4 cm³/mol. The highest BCUT2D eigenvalue weighted by molar-refractivity contribution is 5.98. The van der Waals surface area contributed by atoms with Crippen molar-refractivity contribution >= 4 is 22.8 Å². The van der Waals surface area contributed by atoms with Gasteiger partial charge in [0.1, 0.15) is 5.69 Å². The zero-order chi connectivity index (χ0) is 16.4. The molecular formula is C18H22N2O3. The number of nitrogens with one attached hydrogen (secondary N) is 2. The van der Waals surface area contributed by atoms with Crippen molar-refractivity contribution in [2.45, 2.75) is 45.6 Å². The molecule has 0 aliphatic heterocycles. The molecule has 23 heavy (non-hydrogen) atoms. The number of amides is 1. The van der Waals surface area contributed by atoms with E-state index in [1.54, 1.807) is 0 Å². The molecule has 0 unspecified atom stereocenters. The van der Waals surface area contributed by atoms with Gasteiger partial charge in [-0.3, -0.25) is 4.79 Å². The fraction of sp³-hybridized carbons (Fsp3) is 0.444. The van der Waals surface area contributed by atoms with Gasteiger partial charge in [0.05, 0.1) is 0 Å². The zero-order valence-corrected chi connectivity index (χ0v) is 13.3. The van der Waals surface area contributed by atoms with Crippen LogP contribution in [-0.4, -0.2) is 22.0 Å². The summed E-state index contributed by atoms with van der Waals surface area (Å²) in [6.45, 7) is 2.41. The van der Waals surface area contributed by atoms with Gasteiger partial charge < -0.3 is 15.4 Å². The van der Waals surface area contributed by atoms with Gasteiger partial charge in [0.25, 0.3) is 0 Å². The van der Waals surface area contributed by atoms with Crippen molar-refractivity contribution in [3.8, 4) is 0 Å². The molecule has 5 heteroatoms. The standard InChI is InChI=1S/C18H22N2O3/c1-2-3-4-11-5-8-15-13(9-11)14(16(20-15)18(22)23)10-19-17(21)12-6-7-12/h5,8-9,12,20H,2-4,6-7,10H2,1H3,(H,19,21)(H,22,23). The predicted octanol–water partition coefficient (Wildman–Crippen LogP) is 3.23. The van der Waals surface area contributed by atoms with E-state index in [1.165, 1.54) is 5.56 Å². The van der Waals surface area contributed by atoms with Crippen LogP contribution in [0.2, 0.25) is 0 Å². The Morgan fingerprint density at radius 1 is 1.35 bits per heavy atom. The average molecular weight is 314 g/mol. The molecule has 1 heterocycles. The lowest BCUT2D eigenvalue weighted by Crippen LogP contribution is -2.25. The monoisotopic (exact) mass is 314 g/mol. The van der Waals surface area contributed by atoms with E-state index in [1.807, 2.05) is 18.2 Å². The van der Waals surface area contributed by atoms with Crippen LogP contribution in [-0.2, 0) is 17.8 Å². The van der Waals surface area contributed by atoms with E-state index in [9.17, 15) is 14.7 Å². The maximum absolute atomic E-state index is 11.9. The molecule has 0 saturated heterocycles.